The summed E-state index contributed by atoms with van der Waals surface area (Å²) in [5.41, 5.74) is 1.95. The van der Waals surface area contributed by atoms with Crippen molar-refractivity contribution < 1.29 is 13.5 Å². The van der Waals surface area contributed by atoms with E-state index in [9.17, 15) is 13.5 Å². The number of hydrogen-bond donors (Lipinski definition) is 2. The second kappa shape index (κ2) is 11.5. The molecule has 2 aromatic rings. The number of aliphatic hydroxyl groups excluding tert-OH is 1. The molecule has 33 heavy (non-hydrogen) atoms. The Kier molecular flexibility index (Phi) is 9.00. The Morgan fingerprint density at radius 2 is 1.70 bits per heavy atom. The van der Waals surface area contributed by atoms with Gasteiger partial charge in [0.05, 0.1) is 16.8 Å². The highest BCUT2D eigenvalue weighted by molar-refractivity contribution is 7.91. The van der Waals surface area contributed by atoms with Crippen molar-refractivity contribution >= 4 is 15.5 Å². The number of sulfone groups is 1. The van der Waals surface area contributed by atoms with Crippen LogP contribution in [0.3, 0.4) is 0 Å². The molecule has 1 aliphatic rings. The molecule has 0 aromatic heterocycles. The fourth-order valence-electron chi connectivity index (χ4n) is 5.29. The van der Waals surface area contributed by atoms with Crippen LogP contribution in [0.2, 0.25) is 0 Å². The molecule has 0 amide bonds. The van der Waals surface area contributed by atoms with Gasteiger partial charge in [-0.1, -0.05) is 83.2 Å². The van der Waals surface area contributed by atoms with E-state index >= 15 is 0 Å². The van der Waals surface area contributed by atoms with Gasteiger partial charge in [0.2, 0.25) is 0 Å². The number of benzene rings is 2. The van der Waals surface area contributed by atoms with E-state index in [1.165, 1.54) is 19.3 Å². The topological polar surface area (TPSA) is 66.4 Å². The van der Waals surface area contributed by atoms with Crippen molar-refractivity contribution in [2.75, 3.05) is 17.6 Å². The van der Waals surface area contributed by atoms with Gasteiger partial charge < -0.3 is 10.4 Å². The SMILES string of the molecule is CCCCCCNc1ccc2c(c1)[C@@H](c1ccccc1)[C@@H](O)[C@](CC)(CCCC)CS2(=O)=O. The van der Waals surface area contributed by atoms with Crippen LogP contribution in [0.4, 0.5) is 5.69 Å². The van der Waals surface area contributed by atoms with Crippen molar-refractivity contribution in [2.24, 2.45) is 5.41 Å². The molecule has 0 fully saturated rings. The number of anilines is 1. The zero-order chi connectivity index (χ0) is 23.9. The average molecular weight is 472 g/mol. The van der Waals surface area contributed by atoms with E-state index in [0.717, 1.165) is 42.6 Å². The molecule has 3 rings (SSSR count). The van der Waals surface area contributed by atoms with Crippen LogP contribution in [0.15, 0.2) is 53.4 Å². The predicted molar refractivity (Wildman–Crippen MR) is 138 cm³/mol. The minimum absolute atomic E-state index is 0.00219. The summed E-state index contributed by atoms with van der Waals surface area (Å²) in [6.07, 6.45) is 7.15. The zero-order valence-corrected chi connectivity index (χ0v) is 21.3. The molecule has 0 saturated carbocycles. The van der Waals surface area contributed by atoms with Crippen LogP contribution >= 0.6 is 0 Å². The molecular weight excluding hydrogens is 430 g/mol. The van der Waals surface area contributed by atoms with Crippen LogP contribution in [0.25, 0.3) is 0 Å². The second-order valence-electron chi connectivity index (χ2n) is 9.65. The Balaban J connectivity index is 2.08. The lowest BCUT2D eigenvalue weighted by Crippen LogP contribution is -2.42. The first-order valence-electron chi connectivity index (χ1n) is 12.7. The molecule has 0 spiro atoms. The molecule has 3 atom stereocenters. The largest absolute Gasteiger partial charge is 0.392 e. The van der Waals surface area contributed by atoms with Crippen molar-refractivity contribution in [3.8, 4) is 0 Å². The van der Waals surface area contributed by atoms with Crippen LogP contribution in [-0.2, 0) is 9.84 Å². The fraction of sp³-hybridized carbons (Fsp3) is 0.571. The van der Waals surface area contributed by atoms with Crippen molar-refractivity contribution in [2.45, 2.75) is 89.1 Å². The first-order valence-corrected chi connectivity index (χ1v) is 14.4. The van der Waals surface area contributed by atoms with E-state index in [-0.39, 0.29) is 11.7 Å². The van der Waals surface area contributed by atoms with E-state index in [1.807, 2.05) is 49.4 Å². The van der Waals surface area contributed by atoms with Crippen LogP contribution < -0.4 is 5.32 Å². The summed E-state index contributed by atoms with van der Waals surface area (Å²) in [7, 11) is -3.54. The van der Waals surface area contributed by atoms with E-state index in [0.29, 0.717) is 17.7 Å². The number of fused-ring (bicyclic) bond motifs is 1. The maximum absolute atomic E-state index is 13.7. The molecule has 2 N–H and O–H groups in total. The minimum atomic E-state index is -3.54. The molecule has 5 heteroatoms. The molecule has 4 nitrogen and oxygen atoms in total. The number of hydrogen-bond acceptors (Lipinski definition) is 4. The van der Waals surface area contributed by atoms with Gasteiger partial charge in [0.15, 0.2) is 9.84 Å². The number of nitrogens with one attached hydrogen (secondary N) is 1. The van der Waals surface area contributed by atoms with Gasteiger partial charge in [-0.15, -0.1) is 0 Å². The molecule has 0 saturated heterocycles. The smallest absolute Gasteiger partial charge is 0.179 e. The molecule has 182 valence electrons. The first-order chi connectivity index (χ1) is 15.9. The maximum atomic E-state index is 13.7. The van der Waals surface area contributed by atoms with Gasteiger partial charge in [-0.3, -0.25) is 0 Å². The van der Waals surface area contributed by atoms with Crippen LogP contribution in [0.5, 0.6) is 0 Å². The zero-order valence-electron chi connectivity index (χ0n) is 20.5. The molecule has 0 bridgehead atoms. The van der Waals surface area contributed by atoms with E-state index in [1.54, 1.807) is 6.07 Å². The Labute approximate surface area is 200 Å². The molecular formula is C28H41NO3S. The Morgan fingerprint density at radius 3 is 2.36 bits per heavy atom. The monoisotopic (exact) mass is 471 g/mol. The van der Waals surface area contributed by atoms with Crippen LogP contribution in [0.1, 0.15) is 89.2 Å². The summed E-state index contributed by atoms with van der Waals surface area (Å²) in [6, 6.07) is 15.5. The van der Waals surface area contributed by atoms with Gasteiger partial charge in [-0.25, -0.2) is 8.42 Å². The summed E-state index contributed by atoms with van der Waals surface area (Å²) in [5, 5.41) is 15.4. The molecule has 0 radical (unpaired) electrons. The average Bonchev–Trinajstić information content (AvgIpc) is 2.89. The van der Waals surface area contributed by atoms with Gasteiger partial charge in [0, 0.05) is 23.6 Å². The summed E-state index contributed by atoms with van der Waals surface area (Å²) in [4.78, 5) is 0.374. The first kappa shape index (κ1) is 25.8. The van der Waals surface area contributed by atoms with Crippen molar-refractivity contribution in [1.29, 1.82) is 0 Å². The van der Waals surface area contributed by atoms with Gasteiger partial charge in [-0.2, -0.15) is 0 Å². The van der Waals surface area contributed by atoms with Crippen LogP contribution in [0, 0.1) is 5.41 Å². The van der Waals surface area contributed by atoms with Gasteiger partial charge in [0.25, 0.3) is 0 Å². The van der Waals surface area contributed by atoms with E-state index < -0.39 is 21.4 Å². The highest BCUT2D eigenvalue weighted by Crippen LogP contribution is 2.49. The predicted octanol–water partition coefficient (Wildman–Crippen LogP) is 6.55. The molecule has 1 aliphatic heterocycles. The Hall–Kier alpha value is -1.85. The van der Waals surface area contributed by atoms with E-state index in [2.05, 4.69) is 19.2 Å². The van der Waals surface area contributed by atoms with Gasteiger partial charge >= 0.3 is 0 Å². The molecule has 2 aromatic carbocycles. The summed E-state index contributed by atoms with van der Waals surface area (Å²) in [5.74, 6) is -0.380. The standard InChI is InChI=1S/C28H41NO3S/c1-4-7-9-13-19-29-23-16-17-25-24(20-23)26(22-14-11-10-12-15-22)27(30)28(6-3,18-8-5-2)21-33(25,31)32/h10-12,14-17,20,26-27,29-30H,4-9,13,18-19,21H2,1-3H3/t26-,27-,28-/m1/s1. The third-order valence-electron chi connectivity index (χ3n) is 7.35. The molecule has 1 heterocycles. The third kappa shape index (κ3) is 5.81. The maximum Gasteiger partial charge on any atom is 0.179 e. The minimum Gasteiger partial charge on any atom is -0.392 e. The van der Waals surface area contributed by atoms with Crippen molar-refractivity contribution in [3.63, 3.8) is 0 Å². The normalized spacial score (nSPS) is 24.1. The van der Waals surface area contributed by atoms with Crippen molar-refractivity contribution in [3.05, 3.63) is 59.7 Å². The summed E-state index contributed by atoms with van der Waals surface area (Å²) in [6.45, 7) is 7.20. The lowest BCUT2D eigenvalue weighted by Gasteiger charge is -2.39. The fourth-order valence-corrected chi connectivity index (χ4v) is 7.55. The molecule has 0 aliphatic carbocycles. The Bertz CT molecular complexity index is 989. The lowest BCUT2D eigenvalue weighted by atomic mass is 9.69. The Morgan fingerprint density at radius 1 is 0.970 bits per heavy atom. The number of aliphatic hydroxyl groups is 1. The molecule has 0 unspecified atom stereocenters. The highest BCUT2D eigenvalue weighted by atomic mass is 32.2. The third-order valence-corrected chi connectivity index (χ3v) is 9.35. The highest BCUT2D eigenvalue weighted by Gasteiger charge is 2.48. The quantitative estimate of drug-likeness (QED) is 0.365. The van der Waals surface area contributed by atoms with E-state index in [4.69, 9.17) is 0 Å². The second-order valence-corrected chi connectivity index (χ2v) is 11.6. The summed E-state index contributed by atoms with van der Waals surface area (Å²) < 4.78 is 27.3. The number of rotatable bonds is 11. The van der Waals surface area contributed by atoms with Gasteiger partial charge in [-0.05, 0) is 48.6 Å². The summed E-state index contributed by atoms with van der Waals surface area (Å²) >= 11 is 0. The van der Waals surface area contributed by atoms with Gasteiger partial charge in [0.1, 0.15) is 0 Å². The number of unbranched alkanes of at least 4 members (excludes halogenated alkanes) is 4. The lowest BCUT2D eigenvalue weighted by molar-refractivity contribution is 0.0174. The van der Waals surface area contributed by atoms with Crippen molar-refractivity contribution in [1.82, 2.24) is 0 Å². The van der Waals surface area contributed by atoms with Crippen LogP contribution in [-0.4, -0.2) is 31.9 Å².